The van der Waals surface area contributed by atoms with Crippen LogP contribution in [0.1, 0.15) is 130 Å². The Morgan fingerprint density at radius 1 is 0.586 bits per heavy atom. The van der Waals surface area contributed by atoms with Gasteiger partial charge in [0.05, 0.1) is 32.7 Å². The number of unbranched alkanes of at least 4 members (excludes halogenated alkanes) is 14. The summed E-state index contributed by atoms with van der Waals surface area (Å²) in [6.45, 7) is 14.4. The van der Waals surface area contributed by atoms with Gasteiger partial charge in [-0.1, -0.05) is 96.8 Å². The molecule has 0 spiro atoms. The van der Waals surface area contributed by atoms with E-state index >= 15 is 0 Å². The summed E-state index contributed by atoms with van der Waals surface area (Å²) in [7, 11) is 0. The fourth-order valence-electron chi connectivity index (χ4n) is 4.32. The molecule has 0 aromatic rings. The van der Waals surface area contributed by atoms with Crippen molar-refractivity contribution in [3.8, 4) is 0 Å². The van der Waals surface area contributed by atoms with E-state index in [1.54, 1.807) is 0 Å². The zero-order chi connectivity index (χ0) is 21.6. The van der Waals surface area contributed by atoms with E-state index in [0.717, 1.165) is 43.6 Å². The topological polar surface area (TPSA) is 29.1 Å². The molecule has 0 bridgehead atoms. The van der Waals surface area contributed by atoms with Crippen molar-refractivity contribution in [2.75, 3.05) is 32.7 Å². The number of amides is 1. The fourth-order valence-corrected chi connectivity index (χ4v) is 4.32. The normalized spacial score (nSPS) is 11.7. The van der Waals surface area contributed by atoms with Crippen molar-refractivity contribution in [3.63, 3.8) is 0 Å². The van der Waals surface area contributed by atoms with Gasteiger partial charge in [-0.05, 0) is 27.2 Å². The summed E-state index contributed by atoms with van der Waals surface area (Å²) in [5.41, 5.74) is 0. The highest BCUT2D eigenvalue weighted by Gasteiger charge is 2.20. The molecule has 0 radical (unpaired) electrons. The van der Waals surface area contributed by atoms with E-state index < -0.39 is 0 Å². The van der Waals surface area contributed by atoms with Crippen LogP contribution in [0.25, 0.3) is 0 Å². The van der Waals surface area contributed by atoms with Gasteiger partial charge in [-0.3, -0.25) is 4.79 Å². The molecule has 0 saturated carbocycles. The Morgan fingerprint density at radius 2 is 0.966 bits per heavy atom. The quantitative estimate of drug-likeness (QED) is 0.148. The lowest BCUT2D eigenvalue weighted by atomic mass is 10.0. The predicted molar refractivity (Wildman–Crippen MR) is 129 cm³/mol. The Kier molecular flexibility index (Phi) is 20.3. The second kappa shape index (κ2) is 20.7. The number of rotatable bonds is 22. The molecule has 0 aliphatic rings. The maximum absolute atomic E-state index is 12.0. The number of carbonyl (C=O) groups excluding carboxylic acids is 1. The van der Waals surface area contributed by atoms with E-state index in [1.807, 2.05) is 0 Å². The molecule has 1 amide bonds. The van der Waals surface area contributed by atoms with E-state index in [1.165, 1.54) is 89.9 Å². The Labute approximate surface area is 184 Å². The minimum Gasteiger partial charge on any atom is -0.350 e. The highest BCUT2D eigenvalue weighted by Crippen LogP contribution is 2.13. The van der Waals surface area contributed by atoms with Crippen LogP contribution in [0, 0.1) is 0 Å². The standard InChI is InChI=1S/C26H54N2O/c1-5-9-10-11-12-13-14-15-16-17-18-19-20-21-22-23-26(29)27-24-25-28(6-2,7-3)8-4/h5-25H2,1-4H3/p+1. The number of nitrogens with zero attached hydrogens (tertiary/aromatic N) is 1. The van der Waals surface area contributed by atoms with Crippen molar-refractivity contribution < 1.29 is 9.28 Å². The summed E-state index contributed by atoms with van der Waals surface area (Å²) in [5.74, 6) is 0.251. The highest BCUT2D eigenvalue weighted by atomic mass is 16.1. The second-order valence-corrected chi connectivity index (χ2v) is 9.06. The van der Waals surface area contributed by atoms with Crippen LogP contribution in [-0.4, -0.2) is 43.1 Å². The minimum atomic E-state index is 0.251. The molecule has 0 aromatic heterocycles. The molecular weight excluding hydrogens is 356 g/mol. The number of likely N-dealkylation sites (N-methyl/N-ethyl adjacent to an activating group) is 1. The number of carbonyl (C=O) groups is 1. The van der Waals surface area contributed by atoms with Crippen LogP contribution >= 0.6 is 0 Å². The Balaban J connectivity index is 3.35. The van der Waals surface area contributed by atoms with Crippen molar-refractivity contribution in [2.45, 2.75) is 130 Å². The van der Waals surface area contributed by atoms with Gasteiger partial charge in [-0.2, -0.15) is 0 Å². The monoisotopic (exact) mass is 411 g/mol. The molecule has 0 atom stereocenters. The number of hydrogen-bond acceptors (Lipinski definition) is 1. The van der Waals surface area contributed by atoms with Crippen molar-refractivity contribution in [2.24, 2.45) is 0 Å². The van der Waals surface area contributed by atoms with Crippen molar-refractivity contribution in [1.29, 1.82) is 0 Å². The Hall–Kier alpha value is -0.570. The van der Waals surface area contributed by atoms with Gasteiger partial charge in [-0.15, -0.1) is 0 Å². The van der Waals surface area contributed by atoms with Crippen molar-refractivity contribution >= 4 is 5.91 Å². The molecule has 0 heterocycles. The Bertz CT molecular complexity index is 344. The maximum Gasteiger partial charge on any atom is 0.220 e. The van der Waals surface area contributed by atoms with Gasteiger partial charge < -0.3 is 9.80 Å². The van der Waals surface area contributed by atoms with Gasteiger partial charge in [0.25, 0.3) is 0 Å². The van der Waals surface area contributed by atoms with Crippen LogP contribution in [0.3, 0.4) is 0 Å². The van der Waals surface area contributed by atoms with E-state index in [9.17, 15) is 4.79 Å². The third kappa shape index (κ3) is 16.9. The molecule has 0 rings (SSSR count). The lowest BCUT2D eigenvalue weighted by molar-refractivity contribution is -0.922. The van der Waals surface area contributed by atoms with E-state index in [2.05, 4.69) is 33.0 Å². The molecule has 0 aliphatic carbocycles. The average molecular weight is 412 g/mol. The van der Waals surface area contributed by atoms with Crippen LogP contribution in [0.2, 0.25) is 0 Å². The molecule has 174 valence electrons. The molecule has 3 nitrogen and oxygen atoms in total. The molecule has 0 saturated heterocycles. The molecule has 0 aliphatic heterocycles. The largest absolute Gasteiger partial charge is 0.350 e. The predicted octanol–water partition coefficient (Wildman–Crippen LogP) is 7.24. The summed E-state index contributed by atoms with van der Waals surface area (Å²) in [5, 5.41) is 3.14. The molecule has 1 N–H and O–H groups in total. The smallest absolute Gasteiger partial charge is 0.220 e. The van der Waals surface area contributed by atoms with Crippen LogP contribution in [0.4, 0.5) is 0 Å². The van der Waals surface area contributed by atoms with Gasteiger partial charge in [0.15, 0.2) is 0 Å². The third-order valence-corrected chi connectivity index (χ3v) is 6.93. The van der Waals surface area contributed by atoms with E-state index in [0.29, 0.717) is 6.42 Å². The van der Waals surface area contributed by atoms with Crippen LogP contribution in [-0.2, 0) is 4.79 Å². The molecular formula is C26H55N2O+. The van der Waals surface area contributed by atoms with Crippen LogP contribution in [0.15, 0.2) is 0 Å². The number of hydrogen-bond donors (Lipinski definition) is 1. The summed E-state index contributed by atoms with van der Waals surface area (Å²) in [4.78, 5) is 12.0. The highest BCUT2D eigenvalue weighted by molar-refractivity contribution is 5.75. The fraction of sp³-hybridized carbons (Fsp3) is 0.962. The summed E-state index contributed by atoms with van der Waals surface area (Å²) in [6, 6.07) is 0. The summed E-state index contributed by atoms with van der Waals surface area (Å²) in [6.07, 6.45) is 21.3. The first-order chi connectivity index (χ1) is 14.1. The van der Waals surface area contributed by atoms with Gasteiger partial charge in [0, 0.05) is 6.42 Å². The number of nitrogens with one attached hydrogen (secondary N) is 1. The molecule has 0 fully saturated rings. The summed E-state index contributed by atoms with van der Waals surface area (Å²) >= 11 is 0. The molecule has 0 aromatic carbocycles. The maximum atomic E-state index is 12.0. The van der Waals surface area contributed by atoms with Crippen LogP contribution in [0.5, 0.6) is 0 Å². The molecule has 0 unspecified atom stereocenters. The first-order valence-electron chi connectivity index (χ1n) is 13.3. The van der Waals surface area contributed by atoms with Crippen molar-refractivity contribution in [3.05, 3.63) is 0 Å². The number of quaternary nitrogens is 1. The van der Waals surface area contributed by atoms with Gasteiger partial charge in [0.1, 0.15) is 0 Å². The molecule has 29 heavy (non-hydrogen) atoms. The lowest BCUT2D eigenvalue weighted by Gasteiger charge is -2.35. The zero-order valence-corrected chi connectivity index (χ0v) is 20.7. The SMILES string of the molecule is CCCCCCCCCCCCCCCCCC(=O)NCC[N+](CC)(CC)CC. The van der Waals surface area contributed by atoms with Crippen molar-refractivity contribution in [1.82, 2.24) is 5.32 Å². The second-order valence-electron chi connectivity index (χ2n) is 9.06. The van der Waals surface area contributed by atoms with E-state index in [4.69, 9.17) is 0 Å². The molecule has 3 heteroatoms. The third-order valence-electron chi connectivity index (χ3n) is 6.93. The van der Waals surface area contributed by atoms with Gasteiger partial charge >= 0.3 is 0 Å². The Morgan fingerprint density at radius 3 is 1.34 bits per heavy atom. The van der Waals surface area contributed by atoms with Gasteiger partial charge in [-0.25, -0.2) is 0 Å². The lowest BCUT2D eigenvalue weighted by Crippen LogP contribution is -2.51. The first kappa shape index (κ1) is 28.4. The summed E-state index contributed by atoms with van der Waals surface area (Å²) < 4.78 is 1.11. The first-order valence-corrected chi connectivity index (χ1v) is 13.3. The van der Waals surface area contributed by atoms with Crippen LogP contribution < -0.4 is 5.32 Å². The zero-order valence-electron chi connectivity index (χ0n) is 20.7. The minimum absolute atomic E-state index is 0.251. The van der Waals surface area contributed by atoms with E-state index in [-0.39, 0.29) is 5.91 Å². The van der Waals surface area contributed by atoms with Gasteiger partial charge in [0.2, 0.25) is 5.91 Å². The average Bonchev–Trinajstić information content (AvgIpc) is 2.74.